The Labute approximate surface area is 142 Å². The molecule has 0 N–H and O–H groups in total. The Kier molecular flexibility index (Phi) is 4.31. The highest BCUT2D eigenvalue weighted by molar-refractivity contribution is 6.62. The average Bonchev–Trinajstić information content (AvgIpc) is 2.76. The number of morpholine rings is 1. The maximum absolute atomic E-state index is 11.3. The van der Waals surface area contributed by atoms with E-state index in [0.29, 0.717) is 31.8 Å². The van der Waals surface area contributed by atoms with E-state index in [0.717, 1.165) is 5.69 Å². The van der Waals surface area contributed by atoms with Crippen LogP contribution in [0.3, 0.4) is 0 Å². The van der Waals surface area contributed by atoms with Crippen LogP contribution in [0.25, 0.3) is 0 Å². The minimum absolute atomic E-state index is 0.0451. The van der Waals surface area contributed by atoms with E-state index in [1.54, 1.807) is 6.07 Å². The maximum Gasteiger partial charge on any atom is 0.495 e. The van der Waals surface area contributed by atoms with E-state index in [2.05, 4.69) is 4.90 Å². The van der Waals surface area contributed by atoms with Crippen LogP contribution in [0.1, 0.15) is 27.7 Å². The highest BCUT2D eigenvalue weighted by atomic mass is 16.7. The molecule has 0 amide bonds. The first kappa shape index (κ1) is 17.2. The number of benzene rings is 1. The van der Waals surface area contributed by atoms with Crippen molar-refractivity contribution in [1.29, 1.82) is 0 Å². The number of ether oxygens (including phenoxy) is 1. The van der Waals surface area contributed by atoms with Gasteiger partial charge in [-0.25, -0.2) is 0 Å². The molecule has 130 valence electrons. The summed E-state index contributed by atoms with van der Waals surface area (Å²) in [6.07, 6.45) is 0. The third-order valence-corrected chi connectivity index (χ3v) is 5.04. The molecule has 1 aromatic rings. The van der Waals surface area contributed by atoms with Crippen LogP contribution in [0.15, 0.2) is 18.2 Å². The normalized spacial score (nSPS) is 22.7. The Morgan fingerprint density at radius 3 is 2.21 bits per heavy atom. The zero-order valence-corrected chi connectivity index (χ0v) is 14.6. The summed E-state index contributed by atoms with van der Waals surface area (Å²) in [5.74, 6) is 0. The van der Waals surface area contributed by atoms with Crippen molar-refractivity contribution in [2.24, 2.45) is 0 Å². The van der Waals surface area contributed by atoms with Crippen LogP contribution in [0, 0.1) is 10.1 Å². The number of nitrogens with zero attached hydrogens (tertiary/aromatic N) is 2. The zero-order chi connectivity index (χ0) is 17.5. The van der Waals surface area contributed by atoms with E-state index >= 15 is 0 Å². The second kappa shape index (κ2) is 6.02. The molecule has 0 atom stereocenters. The van der Waals surface area contributed by atoms with Crippen LogP contribution in [0.5, 0.6) is 0 Å². The van der Waals surface area contributed by atoms with Crippen molar-refractivity contribution < 1.29 is 19.0 Å². The fourth-order valence-electron chi connectivity index (χ4n) is 2.84. The van der Waals surface area contributed by atoms with Crippen molar-refractivity contribution in [3.8, 4) is 0 Å². The fraction of sp³-hybridized carbons (Fsp3) is 0.625. The molecule has 0 radical (unpaired) electrons. The second-order valence-electron chi connectivity index (χ2n) is 7.23. The number of nitro groups is 1. The third-order valence-electron chi connectivity index (χ3n) is 5.04. The van der Waals surface area contributed by atoms with Crippen LogP contribution in [0.4, 0.5) is 11.4 Å². The highest BCUT2D eigenvalue weighted by Crippen LogP contribution is 2.37. The summed E-state index contributed by atoms with van der Waals surface area (Å²) in [5.41, 5.74) is 0.549. The van der Waals surface area contributed by atoms with E-state index in [4.69, 9.17) is 14.0 Å². The van der Waals surface area contributed by atoms with Crippen molar-refractivity contribution in [3.05, 3.63) is 28.3 Å². The number of nitro benzene ring substituents is 1. The van der Waals surface area contributed by atoms with Gasteiger partial charge in [0.05, 0.1) is 29.3 Å². The lowest BCUT2D eigenvalue weighted by molar-refractivity contribution is -0.384. The molecule has 0 saturated carbocycles. The van der Waals surface area contributed by atoms with Gasteiger partial charge in [-0.05, 0) is 39.2 Å². The maximum atomic E-state index is 11.3. The Morgan fingerprint density at radius 2 is 1.67 bits per heavy atom. The van der Waals surface area contributed by atoms with Gasteiger partial charge in [0.2, 0.25) is 0 Å². The largest absolute Gasteiger partial charge is 0.495 e. The summed E-state index contributed by atoms with van der Waals surface area (Å²) in [5, 5.41) is 11.3. The van der Waals surface area contributed by atoms with E-state index in [9.17, 15) is 10.1 Å². The van der Waals surface area contributed by atoms with Gasteiger partial charge in [0.25, 0.3) is 5.69 Å². The SMILES string of the molecule is CC1(C)OB(c2cc(N3CCOCC3)cc([N+](=O)[O-])c2)OC1(C)C. The van der Waals surface area contributed by atoms with E-state index in [1.807, 2.05) is 33.8 Å². The summed E-state index contributed by atoms with van der Waals surface area (Å²) >= 11 is 0. The predicted octanol–water partition coefficient (Wildman–Crippen LogP) is 1.73. The van der Waals surface area contributed by atoms with Gasteiger partial charge in [0.15, 0.2) is 0 Å². The molecule has 1 aromatic carbocycles. The molecule has 2 aliphatic rings. The first-order valence-electron chi connectivity index (χ1n) is 8.17. The molecule has 7 nitrogen and oxygen atoms in total. The van der Waals surface area contributed by atoms with Crippen molar-refractivity contribution in [3.63, 3.8) is 0 Å². The quantitative estimate of drug-likeness (QED) is 0.476. The lowest BCUT2D eigenvalue weighted by Gasteiger charge is -2.32. The Morgan fingerprint density at radius 1 is 1.08 bits per heavy atom. The number of rotatable bonds is 3. The van der Waals surface area contributed by atoms with Crippen molar-refractivity contribution in [1.82, 2.24) is 0 Å². The number of non-ortho nitro benzene ring substituents is 1. The van der Waals surface area contributed by atoms with Crippen molar-refractivity contribution in [2.45, 2.75) is 38.9 Å². The van der Waals surface area contributed by atoms with E-state index in [1.165, 1.54) is 6.07 Å². The van der Waals surface area contributed by atoms with Gasteiger partial charge in [-0.3, -0.25) is 10.1 Å². The van der Waals surface area contributed by atoms with Crippen LogP contribution < -0.4 is 10.4 Å². The Hall–Kier alpha value is -1.64. The molecule has 0 bridgehead atoms. The fourth-order valence-corrected chi connectivity index (χ4v) is 2.84. The zero-order valence-electron chi connectivity index (χ0n) is 14.6. The summed E-state index contributed by atoms with van der Waals surface area (Å²) in [6.45, 7) is 10.5. The van der Waals surface area contributed by atoms with Gasteiger partial charge in [0, 0.05) is 30.9 Å². The molecule has 2 fully saturated rings. The lowest BCUT2D eigenvalue weighted by atomic mass is 9.78. The van der Waals surface area contributed by atoms with Gasteiger partial charge in [-0.2, -0.15) is 0 Å². The molecule has 8 heteroatoms. The van der Waals surface area contributed by atoms with Gasteiger partial charge in [-0.15, -0.1) is 0 Å². The molecule has 2 saturated heterocycles. The van der Waals surface area contributed by atoms with Crippen LogP contribution >= 0.6 is 0 Å². The van der Waals surface area contributed by atoms with Crippen LogP contribution in [-0.4, -0.2) is 49.5 Å². The highest BCUT2D eigenvalue weighted by Gasteiger charge is 2.52. The molecule has 2 aliphatic heterocycles. The number of anilines is 1. The topological polar surface area (TPSA) is 74.1 Å². The summed E-state index contributed by atoms with van der Waals surface area (Å²) in [4.78, 5) is 13.1. The van der Waals surface area contributed by atoms with Crippen LogP contribution in [0.2, 0.25) is 0 Å². The molecule has 3 rings (SSSR count). The number of hydrogen-bond donors (Lipinski definition) is 0. The van der Waals surface area contributed by atoms with Crippen LogP contribution in [-0.2, 0) is 14.0 Å². The molecule has 0 aromatic heterocycles. The molecule has 0 spiro atoms. The molecule has 0 aliphatic carbocycles. The molecule has 24 heavy (non-hydrogen) atoms. The molecular formula is C16H23BN2O5. The van der Waals surface area contributed by atoms with Gasteiger partial charge < -0.3 is 18.9 Å². The first-order chi connectivity index (χ1) is 11.2. The Balaban J connectivity index is 1.95. The first-order valence-corrected chi connectivity index (χ1v) is 8.17. The molecule has 2 heterocycles. The van der Waals surface area contributed by atoms with Gasteiger partial charge >= 0.3 is 7.12 Å². The average molecular weight is 334 g/mol. The number of hydrogen-bond acceptors (Lipinski definition) is 6. The van der Waals surface area contributed by atoms with Crippen molar-refractivity contribution >= 4 is 24.0 Å². The standard InChI is InChI=1S/C16H23BN2O5/c1-15(2)16(3,4)24-17(23-15)12-9-13(11-14(10-12)19(20)21)18-5-7-22-8-6-18/h9-11H,5-8H2,1-4H3. The minimum Gasteiger partial charge on any atom is -0.399 e. The van der Waals surface area contributed by atoms with Gasteiger partial charge in [0.1, 0.15) is 0 Å². The van der Waals surface area contributed by atoms with E-state index in [-0.39, 0.29) is 10.6 Å². The summed E-state index contributed by atoms with van der Waals surface area (Å²) in [7, 11) is -0.616. The summed E-state index contributed by atoms with van der Waals surface area (Å²) < 4.78 is 17.4. The Bertz CT molecular complexity index is 627. The van der Waals surface area contributed by atoms with Crippen molar-refractivity contribution in [2.75, 3.05) is 31.2 Å². The minimum atomic E-state index is -0.616. The van der Waals surface area contributed by atoms with Gasteiger partial charge in [-0.1, -0.05) is 0 Å². The lowest BCUT2D eigenvalue weighted by Crippen LogP contribution is -2.41. The second-order valence-corrected chi connectivity index (χ2v) is 7.23. The molecular weight excluding hydrogens is 311 g/mol. The monoisotopic (exact) mass is 334 g/mol. The predicted molar refractivity (Wildman–Crippen MR) is 91.8 cm³/mol. The smallest absolute Gasteiger partial charge is 0.399 e. The van der Waals surface area contributed by atoms with E-state index < -0.39 is 18.3 Å². The summed E-state index contributed by atoms with van der Waals surface area (Å²) in [6, 6.07) is 5.05. The molecule has 0 unspecified atom stereocenters. The third kappa shape index (κ3) is 3.13.